The van der Waals surface area contributed by atoms with Crippen molar-refractivity contribution in [1.82, 2.24) is 4.90 Å². The fraction of sp³-hybridized carbons (Fsp3) is 0.933. The molecule has 4 nitrogen and oxygen atoms in total. The molecule has 3 unspecified atom stereocenters. The number of rotatable bonds is 2. The van der Waals surface area contributed by atoms with Crippen LogP contribution < -0.4 is 0 Å². The standard InChI is InChI=1S/C15H26F3NO3Si/c1-13(2,3)21-12(20)19-10-7-8-11(19)14(9-10,15(16,17)18)22-23(4,5)6/h10-11H,7-9H2,1-6H3. The summed E-state index contributed by atoms with van der Waals surface area (Å²) in [5.41, 5.74) is -2.99. The highest BCUT2D eigenvalue weighted by atomic mass is 28.4. The van der Waals surface area contributed by atoms with Crippen LogP contribution in [0.2, 0.25) is 19.6 Å². The molecule has 0 aromatic heterocycles. The number of fused-ring (bicyclic) bond motifs is 2. The van der Waals surface area contributed by atoms with Crippen molar-refractivity contribution in [2.24, 2.45) is 0 Å². The molecule has 1 amide bonds. The van der Waals surface area contributed by atoms with Crippen molar-refractivity contribution in [1.29, 1.82) is 0 Å². The van der Waals surface area contributed by atoms with Crippen LogP contribution in [0, 0.1) is 0 Å². The topological polar surface area (TPSA) is 38.8 Å². The number of hydrogen-bond donors (Lipinski definition) is 0. The number of alkyl halides is 3. The van der Waals surface area contributed by atoms with Crippen LogP contribution in [-0.2, 0) is 9.16 Å². The molecule has 2 aliphatic rings. The van der Waals surface area contributed by atoms with Crippen LogP contribution in [0.3, 0.4) is 0 Å². The minimum Gasteiger partial charge on any atom is -0.444 e. The molecule has 0 aromatic rings. The molecule has 0 aliphatic carbocycles. The molecule has 2 saturated heterocycles. The molecule has 23 heavy (non-hydrogen) atoms. The van der Waals surface area contributed by atoms with E-state index in [9.17, 15) is 18.0 Å². The summed E-state index contributed by atoms with van der Waals surface area (Å²) < 4.78 is 52.7. The van der Waals surface area contributed by atoms with Gasteiger partial charge in [0.05, 0.1) is 6.04 Å². The summed E-state index contributed by atoms with van der Waals surface area (Å²) in [4.78, 5) is 13.7. The van der Waals surface area contributed by atoms with Crippen LogP contribution in [0.15, 0.2) is 0 Å². The maximum atomic E-state index is 13.9. The Kier molecular flexibility index (Phi) is 4.34. The summed E-state index contributed by atoms with van der Waals surface area (Å²) in [6.07, 6.45) is -4.50. The molecule has 0 N–H and O–H groups in total. The molecule has 0 radical (unpaired) electrons. The lowest BCUT2D eigenvalue weighted by Gasteiger charge is -2.42. The van der Waals surface area contributed by atoms with E-state index in [1.54, 1.807) is 40.4 Å². The molecule has 2 heterocycles. The Labute approximate surface area is 136 Å². The van der Waals surface area contributed by atoms with Gasteiger partial charge in [0.2, 0.25) is 0 Å². The minimum absolute atomic E-state index is 0.190. The van der Waals surface area contributed by atoms with E-state index in [2.05, 4.69) is 0 Å². The van der Waals surface area contributed by atoms with Crippen LogP contribution >= 0.6 is 0 Å². The average Bonchev–Trinajstić information content (AvgIpc) is 2.78. The molecule has 2 fully saturated rings. The predicted octanol–water partition coefficient (Wildman–Crippen LogP) is 4.31. The van der Waals surface area contributed by atoms with E-state index in [1.807, 2.05) is 0 Å². The second-order valence-electron chi connectivity index (χ2n) is 8.44. The van der Waals surface area contributed by atoms with E-state index < -0.39 is 43.9 Å². The van der Waals surface area contributed by atoms with E-state index in [-0.39, 0.29) is 6.42 Å². The maximum Gasteiger partial charge on any atom is 0.418 e. The molecule has 3 atom stereocenters. The molecule has 0 saturated carbocycles. The van der Waals surface area contributed by atoms with Gasteiger partial charge < -0.3 is 9.16 Å². The molecule has 134 valence electrons. The minimum atomic E-state index is -4.51. The van der Waals surface area contributed by atoms with Gasteiger partial charge >= 0.3 is 12.3 Å². The number of ether oxygens (including phenoxy) is 1. The predicted molar refractivity (Wildman–Crippen MR) is 82.7 cm³/mol. The first-order chi connectivity index (χ1) is 10.2. The van der Waals surface area contributed by atoms with Gasteiger partial charge in [0.1, 0.15) is 5.60 Å². The molecule has 2 aliphatic heterocycles. The first kappa shape index (κ1) is 18.6. The second kappa shape index (κ2) is 5.37. The molecule has 0 spiro atoms. The zero-order valence-electron chi connectivity index (χ0n) is 14.6. The van der Waals surface area contributed by atoms with Crippen molar-refractivity contribution in [3.8, 4) is 0 Å². The van der Waals surface area contributed by atoms with E-state index in [1.165, 1.54) is 4.90 Å². The van der Waals surface area contributed by atoms with Crippen LogP contribution in [0.1, 0.15) is 40.0 Å². The summed E-state index contributed by atoms with van der Waals surface area (Å²) in [7, 11) is -2.45. The number of hydrogen-bond acceptors (Lipinski definition) is 3. The Hall–Kier alpha value is -0.763. The zero-order valence-corrected chi connectivity index (χ0v) is 15.6. The fourth-order valence-electron chi connectivity index (χ4n) is 3.64. The van der Waals surface area contributed by atoms with Gasteiger partial charge in [-0.25, -0.2) is 4.79 Å². The Balaban J connectivity index is 2.33. The third kappa shape index (κ3) is 3.52. The largest absolute Gasteiger partial charge is 0.444 e. The van der Waals surface area contributed by atoms with Crippen molar-refractivity contribution < 1.29 is 27.1 Å². The van der Waals surface area contributed by atoms with Crippen molar-refractivity contribution >= 4 is 14.4 Å². The fourth-order valence-corrected chi connectivity index (χ4v) is 5.06. The highest BCUT2D eigenvalue weighted by Crippen LogP contribution is 2.55. The highest BCUT2D eigenvalue weighted by Gasteiger charge is 2.71. The molecular weight excluding hydrogens is 327 g/mol. The van der Waals surface area contributed by atoms with Crippen molar-refractivity contribution in [3.05, 3.63) is 0 Å². The Morgan fingerprint density at radius 3 is 2.17 bits per heavy atom. The molecule has 2 bridgehead atoms. The lowest BCUT2D eigenvalue weighted by molar-refractivity contribution is -0.260. The van der Waals surface area contributed by atoms with E-state index >= 15 is 0 Å². The first-order valence-corrected chi connectivity index (χ1v) is 11.4. The van der Waals surface area contributed by atoms with Gasteiger partial charge in [0, 0.05) is 12.5 Å². The summed E-state index contributed by atoms with van der Waals surface area (Å²) in [6, 6.07) is -1.46. The highest BCUT2D eigenvalue weighted by molar-refractivity contribution is 6.69. The quantitative estimate of drug-likeness (QED) is 0.694. The summed E-state index contributed by atoms with van der Waals surface area (Å²) in [6.45, 7) is 10.3. The third-order valence-corrected chi connectivity index (χ3v) is 5.13. The van der Waals surface area contributed by atoms with Crippen molar-refractivity contribution in [2.45, 2.75) is 89.1 Å². The molecule has 2 rings (SSSR count). The second-order valence-corrected chi connectivity index (χ2v) is 12.9. The van der Waals surface area contributed by atoms with Gasteiger partial charge in [0.15, 0.2) is 13.9 Å². The number of carbonyl (C=O) groups is 1. The lowest BCUT2D eigenvalue weighted by atomic mass is 9.84. The van der Waals surface area contributed by atoms with Crippen LogP contribution in [0.5, 0.6) is 0 Å². The molecular formula is C15H26F3NO3Si. The van der Waals surface area contributed by atoms with Gasteiger partial charge in [-0.2, -0.15) is 13.2 Å². The summed E-state index contributed by atoms with van der Waals surface area (Å²) in [5.74, 6) is 0. The van der Waals surface area contributed by atoms with Gasteiger partial charge in [-0.3, -0.25) is 4.90 Å². The third-order valence-electron chi connectivity index (χ3n) is 4.15. The number of nitrogens with zero attached hydrogens (tertiary/aromatic N) is 1. The normalized spacial score (nSPS) is 31.6. The first-order valence-electron chi connectivity index (χ1n) is 7.94. The van der Waals surface area contributed by atoms with Gasteiger partial charge in [-0.1, -0.05) is 0 Å². The van der Waals surface area contributed by atoms with Gasteiger partial charge in [-0.15, -0.1) is 0 Å². The zero-order chi connectivity index (χ0) is 17.8. The average molecular weight is 353 g/mol. The maximum absolute atomic E-state index is 13.9. The number of halogens is 3. The Morgan fingerprint density at radius 1 is 1.17 bits per heavy atom. The van der Waals surface area contributed by atoms with Crippen LogP contribution in [-0.4, -0.2) is 48.8 Å². The van der Waals surface area contributed by atoms with Gasteiger partial charge in [-0.05, 0) is 53.3 Å². The molecule has 8 heteroatoms. The van der Waals surface area contributed by atoms with Crippen molar-refractivity contribution in [3.63, 3.8) is 0 Å². The van der Waals surface area contributed by atoms with Crippen molar-refractivity contribution in [2.75, 3.05) is 0 Å². The summed E-state index contributed by atoms with van der Waals surface area (Å²) >= 11 is 0. The van der Waals surface area contributed by atoms with Crippen LogP contribution in [0.4, 0.5) is 18.0 Å². The smallest absolute Gasteiger partial charge is 0.418 e. The van der Waals surface area contributed by atoms with E-state index in [0.29, 0.717) is 12.8 Å². The summed E-state index contributed by atoms with van der Waals surface area (Å²) in [5, 5.41) is 0. The Morgan fingerprint density at radius 2 is 1.74 bits per heavy atom. The Bertz CT molecular complexity index is 484. The SMILES string of the molecule is CC(C)(C)OC(=O)N1C2CCC1C(O[Si](C)(C)C)(C(F)(F)F)C2. The number of amides is 1. The monoisotopic (exact) mass is 353 g/mol. The van der Waals surface area contributed by atoms with E-state index in [4.69, 9.17) is 9.16 Å². The lowest BCUT2D eigenvalue weighted by Crippen LogP contribution is -2.60. The number of carbonyl (C=O) groups excluding carboxylic acids is 1. The van der Waals surface area contributed by atoms with Crippen LogP contribution in [0.25, 0.3) is 0 Å². The van der Waals surface area contributed by atoms with E-state index in [0.717, 1.165) is 0 Å². The van der Waals surface area contributed by atoms with Gasteiger partial charge in [0.25, 0.3) is 0 Å². The molecule has 0 aromatic carbocycles.